The van der Waals surface area contributed by atoms with E-state index in [9.17, 15) is 9.90 Å². The third kappa shape index (κ3) is 5.71. The fraction of sp³-hybridized carbons (Fsp3) is 0.929. The van der Waals surface area contributed by atoms with Gasteiger partial charge in [-0.25, -0.2) is 0 Å². The van der Waals surface area contributed by atoms with Gasteiger partial charge in [0.05, 0.1) is 18.1 Å². The summed E-state index contributed by atoms with van der Waals surface area (Å²) in [7, 11) is 0. The van der Waals surface area contributed by atoms with Crippen LogP contribution in [0.2, 0.25) is 0 Å². The molecule has 0 heterocycles. The number of thioether (sulfide) groups is 1. The molecule has 1 atom stereocenters. The van der Waals surface area contributed by atoms with Crippen LogP contribution in [0.25, 0.3) is 0 Å². The minimum atomic E-state index is -0.650. The molecular weight excluding hydrogens is 264 g/mol. The summed E-state index contributed by atoms with van der Waals surface area (Å²) in [6, 6.07) is 0. The molecule has 112 valence electrons. The number of rotatable bonds is 7. The summed E-state index contributed by atoms with van der Waals surface area (Å²) < 4.78 is 5.02. The third-order valence-electron chi connectivity index (χ3n) is 3.62. The number of aliphatic hydroxyl groups excluding tert-OH is 1. The average Bonchev–Trinajstić information content (AvgIpc) is 2.39. The number of ether oxygens (including phenoxy) is 1. The van der Waals surface area contributed by atoms with Crippen molar-refractivity contribution in [1.82, 2.24) is 0 Å². The molecule has 0 aromatic heterocycles. The van der Waals surface area contributed by atoms with Crippen LogP contribution in [0.3, 0.4) is 0 Å². The van der Waals surface area contributed by atoms with Gasteiger partial charge in [0.1, 0.15) is 0 Å². The molecule has 0 spiro atoms. The first kappa shape index (κ1) is 16.8. The second-order valence-electron chi connectivity index (χ2n) is 5.55. The number of esters is 1. The predicted molar refractivity (Wildman–Crippen MR) is 77.1 cm³/mol. The summed E-state index contributed by atoms with van der Waals surface area (Å²) in [5, 5.41) is 19.4. The minimum absolute atomic E-state index is 0.0402. The quantitative estimate of drug-likeness (QED) is 0.700. The average molecular weight is 290 g/mol. The zero-order valence-corrected chi connectivity index (χ0v) is 12.7. The van der Waals surface area contributed by atoms with Gasteiger partial charge in [-0.3, -0.25) is 4.79 Å². The van der Waals surface area contributed by atoms with Crippen molar-refractivity contribution in [2.45, 2.75) is 45.1 Å². The zero-order valence-electron chi connectivity index (χ0n) is 11.9. The second-order valence-corrected chi connectivity index (χ2v) is 6.58. The summed E-state index contributed by atoms with van der Waals surface area (Å²) in [6.07, 6.45) is 2.75. The molecule has 19 heavy (non-hydrogen) atoms. The largest absolute Gasteiger partial charge is 0.466 e. The molecule has 1 aliphatic carbocycles. The highest BCUT2D eigenvalue weighted by atomic mass is 32.2. The van der Waals surface area contributed by atoms with Gasteiger partial charge in [-0.15, -0.1) is 0 Å². The van der Waals surface area contributed by atoms with Crippen molar-refractivity contribution in [3.63, 3.8) is 0 Å². The smallest absolute Gasteiger partial charge is 0.308 e. The summed E-state index contributed by atoms with van der Waals surface area (Å²) in [4.78, 5) is 11.6. The van der Waals surface area contributed by atoms with E-state index in [1.54, 1.807) is 11.8 Å². The van der Waals surface area contributed by atoms with E-state index in [1.807, 2.05) is 13.8 Å². The third-order valence-corrected chi connectivity index (χ3v) is 5.17. The van der Waals surface area contributed by atoms with Gasteiger partial charge in [-0.05, 0) is 44.3 Å². The van der Waals surface area contributed by atoms with Gasteiger partial charge < -0.3 is 14.9 Å². The Hall–Kier alpha value is -0.260. The predicted octanol–water partition coefficient (Wildman–Crippen LogP) is 1.83. The van der Waals surface area contributed by atoms with Gasteiger partial charge in [-0.2, -0.15) is 11.8 Å². The fourth-order valence-corrected chi connectivity index (χ4v) is 3.59. The van der Waals surface area contributed by atoms with Crippen molar-refractivity contribution in [2.24, 2.45) is 11.8 Å². The van der Waals surface area contributed by atoms with Crippen LogP contribution in [0.4, 0.5) is 0 Å². The maximum atomic E-state index is 11.6. The molecule has 1 unspecified atom stereocenters. The molecule has 1 rings (SSSR count). The Balaban J connectivity index is 2.28. The molecule has 0 aromatic rings. The Labute approximate surface area is 119 Å². The van der Waals surface area contributed by atoms with E-state index in [4.69, 9.17) is 9.84 Å². The standard InChI is InChI=1S/C14H26O4S/c1-3-18-13(16)12-4-6-14(17,7-5-12)10-19-9-11(2)8-15/h11-12,15,17H,3-10H2,1-2H3. The second kappa shape index (κ2) is 8.12. The molecule has 0 bridgehead atoms. The number of aliphatic hydroxyl groups is 2. The summed E-state index contributed by atoms with van der Waals surface area (Å²) in [5.41, 5.74) is -0.650. The molecule has 0 radical (unpaired) electrons. The topological polar surface area (TPSA) is 66.8 Å². The van der Waals surface area contributed by atoms with Crippen LogP contribution in [0, 0.1) is 11.8 Å². The highest BCUT2D eigenvalue weighted by Gasteiger charge is 2.36. The van der Waals surface area contributed by atoms with Crippen molar-refractivity contribution in [3.8, 4) is 0 Å². The molecular formula is C14H26O4S. The van der Waals surface area contributed by atoms with Crippen LogP contribution in [-0.2, 0) is 9.53 Å². The first-order valence-corrected chi connectivity index (χ1v) is 8.24. The normalized spacial score (nSPS) is 28.9. The van der Waals surface area contributed by atoms with Gasteiger partial charge in [0.2, 0.25) is 0 Å². The lowest BCUT2D eigenvalue weighted by atomic mass is 9.80. The Morgan fingerprint density at radius 1 is 1.47 bits per heavy atom. The molecule has 5 heteroatoms. The summed E-state index contributed by atoms with van der Waals surface area (Å²) in [6.45, 7) is 4.43. The molecule has 0 saturated heterocycles. The fourth-order valence-electron chi connectivity index (χ4n) is 2.30. The van der Waals surface area contributed by atoms with Crippen LogP contribution in [0.5, 0.6) is 0 Å². The van der Waals surface area contributed by atoms with Crippen LogP contribution in [0.15, 0.2) is 0 Å². The minimum Gasteiger partial charge on any atom is -0.466 e. The van der Waals surface area contributed by atoms with Gasteiger partial charge in [-0.1, -0.05) is 6.92 Å². The molecule has 1 saturated carbocycles. The van der Waals surface area contributed by atoms with E-state index in [0.717, 1.165) is 5.75 Å². The van der Waals surface area contributed by atoms with Crippen molar-refractivity contribution in [3.05, 3.63) is 0 Å². The molecule has 0 aromatic carbocycles. The maximum Gasteiger partial charge on any atom is 0.308 e. The summed E-state index contributed by atoms with van der Waals surface area (Å²) in [5.74, 6) is 1.66. The van der Waals surface area contributed by atoms with E-state index in [1.165, 1.54) is 0 Å². The molecule has 0 aliphatic heterocycles. The van der Waals surface area contributed by atoms with E-state index < -0.39 is 5.60 Å². The van der Waals surface area contributed by atoms with Gasteiger partial charge in [0.25, 0.3) is 0 Å². The van der Waals surface area contributed by atoms with Crippen LogP contribution < -0.4 is 0 Å². The molecule has 2 N–H and O–H groups in total. The first-order chi connectivity index (χ1) is 9.00. The van der Waals surface area contributed by atoms with Crippen LogP contribution in [-0.4, -0.2) is 46.5 Å². The van der Waals surface area contributed by atoms with Crippen LogP contribution >= 0.6 is 11.8 Å². The lowest BCUT2D eigenvalue weighted by Gasteiger charge is -2.35. The monoisotopic (exact) mass is 290 g/mol. The Kier molecular flexibility index (Phi) is 7.18. The zero-order chi connectivity index (χ0) is 14.3. The SMILES string of the molecule is CCOC(=O)C1CCC(O)(CSCC(C)CO)CC1. The Morgan fingerprint density at radius 3 is 2.63 bits per heavy atom. The Morgan fingerprint density at radius 2 is 2.11 bits per heavy atom. The molecule has 4 nitrogen and oxygen atoms in total. The molecule has 1 fully saturated rings. The van der Waals surface area contributed by atoms with E-state index in [-0.39, 0.29) is 24.4 Å². The molecule has 0 amide bonds. The first-order valence-electron chi connectivity index (χ1n) is 7.08. The summed E-state index contributed by atoms with van der Waals surface area (Å²) >= 11 is 1.69. The van der Waals surface area contributed by atoms with Crippen molar-refractivity contribution < 1.29 is 19.7 Å². The van der Waals surface area contributed by atoms with Crippen molar-refractivity contribution in [2.75, 3.05) is 24.7 Å². The number of carbonyl (C=O) groups is 1. The maximum absolute atomic E-state index is 11.6. The van der Waals surface area contributed by atoms with Gasteiger partial charge in [0.15, 0.2) is 0 Å². The number of carbonyl (C=O) groups excluding carboxylic acids is 1. The van der Waals surface area contributed by atoms with Crippen molar-refractivity contribution >= 4 is 17.7 Å². The Bertz CT molecular complexity index is 275. The highest BCUT2D eigenvalue weighted by Crippen LogP contribution is 2.35. The lowest BCUT2D eigenvalue weighted by Crippen LogP contribution is -2.38. The van der Waals surface area contributed by atoms with E-state index in [0.29, 0.717) is 38.0 Å². The lowest BCUT2D eigenvalue weighted by molar-refractivity contribution is -0.150. The number of hydrogen-bond acceptors (Lipinski definition) is 5. The van der Waals surface area contributed by atoms with Gasteiger partial charge >= 0.3 is 5.97 Å². The highest BCUT2D eigenvalue weighted by molar-refractivity contribution is 7.99. The van der Waals surface area contributed by atoms with Gasteiger partial charge in [0, 0.05) is 12.4 Å². The number of hydrogen-bond donors (Lipinski definition) is 2. The molecule has 1 aliphatic rings. The van der Waals surface area contributed by atoms with Crippen molar-refractivity contribution in [1.29, 1.82) is 0 Å². The van der Waals surface area contributed by atoms with E-state index in [2.05, 4.69) is 0 Å². The van der Waals surface area contributed by atoms with E-state index >= 15 is 0 Å². The van der Waals surface area contributed by atoms with Crippen LogP contribution in [0.1, 0.15) is 39.5 Å².